The van der Waals surface area contributed by atoms with E-state index >= 15 is 0 Å². The van der Waals surface area contributed by atoms with Crippen LogP contribution in [0.15, 0.2) is 79.0 Å². The first-order valence-corrected chi connectivity index (χ1v) is 11.4. The van der Waals surface area contributed by atoms with Crippen molar-refractivity contribution in [1.82, 2.24) is 15.2 Å². The van der Waals surface area contributed by atoms with Gasteiger partial charge in [0.25, 0.3) is 0 Å². The molecule has 1 amide bonds. The highest BCUT2D eigenvalue weighted by molar-refractivity contribution is 5.76. The summed E-state index contributed by atoms with van der Waals surface area (Å²) in [6.45, 7) is 2.32. The molecule has 3 aromatic rings. The lowest BCUT2D eigenvalue weighted by Gasteiger charge is -2.37. The number of likely N-dealkylation sites (tertiary alicyclic amines) is 1. The zero-order valence-electron chi connectivity index (χ0n) is 18.3. The van der Waals surface area contributed by atoms with Crippen LogP contribution >= 0.6 is 0 Å². The van der Waals surface area contributed by atoms with E-state index in [1.165, 1.54) is 6.07 Å². The number of nitrogens with zero attached hydrogens (tertiary/aromatic N) is 2. The monoisotopic (exact) mass is 431 g/mol. The fourth-order valence-corrected chi connectivity index (χ4v) is 4.52. The Balaban J connectivity index is 1.44. The molecule has 1 aliphatic heterocycles. The second-order valence-corrected chi connectivity index (χ2v) is 8.51. The zero-order valence-corrected chi connectivity index (χ0v) is 18.3. The van der Waals surface area contributed by atoms with Gasteiger partial charge in [-0.2, -0.15) is 0 Å². The number of aryl methyl sites for hydroxylation is 1. The van der Waals surface area contributed by atoms with Crippen LogP contribution < -0.4 is 5.32 Å². The molecule has 1 aliphatic rings. The average molecular weight is 432 g/mol. The van der Waals surface area contributed by atoms with E-state index in [-0.39, 0.29) is 23.7 Å². The number of nitrogens with one attached hydrogen (secondary N) is 1. The van der Waals surface area contributed by atoms with Gasteiger partial charge in [-0.05, 0) is 55.5 Å². The third-order valence-corrected chi connectivity index (χ3v) is 6.17. The molecular formula is C27H30FN3O. The number of benzene rings is 2. The smallest absolute Gasteiger partial charge is 0.220 e. The first-order valence-electron chi connectivity index (χ1n) is 11.4. The standard InChI is InChI=1S/C27H30FN3O/c28-24-13-5-4-11-22(24)19-31-18-8-12-23(20-31)27(25-14-6-7-17-29-25)30-26(32)16-15-21-9-2-1-3-10-21/h1-7,9-11,13-14,17,23,27H,8,12,15-16,18-20H2,(H,30,32)/t23-,27+/m1/s1. The summed E-state index contributed by atoms with van der Waals surface area (Å²) in [5, 5.41) is 3.27. The highest BCUT2D eigenvalue weighted by atomic mass is 19.1. The van der Waals surface area contributed by atoms with Crippen LogP contribution in [0.3, 0.4) is 0 Å². The summed E-state index contributed by atoms with van der Waals surface area (Å²) >= 11 is 0. The second-order valence-electron chi connectivity index (χ2n) is 8.51. The number of piperidine rings is 1. The molecule has 0 saturated carbocycles. The van der Waals surface area contributed by atoms with Crippen LogP contribution in [-0.4, -0.2) is 28.9 Å². The van der Waals surface area contributed by atoms with Crippen molar-refractivity contribution in [2.75, 3.05) is 13.1 Å². The van der Waals surface area contributed by atoms with Crippen molar-refractivity contribution in [1.29, 1.82) is 0 Å². The Morgan fingerprint density at radius 2 is 1.84 bits per heavy atom. The minimum Gasteiger partial charge on any atom is -0.347 e. The van der Waals surface area contributed by atoms with Crippen LogP contribution in [0.25, 0.3) is 0 Å². The van der Waals surface area contributed by atoms with Crippen molar-refractivity contribution in [2.24, 2.45) is 5.92 Å². The molecule has 1 aromatic heterocycles. The molecule has 1 N–H and O–H groups in total. The van der Waals surface area contributed by atoms with Gasteiger partial charge in [0.2, 0.25) is 5.91 Å². The van der Waals surface area contributed by atoms with Gasteiger partial charge in [0, 0.05) is 31.3 Å². The molecule has 2 aromatic carbocycles. The lowest BCUT2D eigenvalue weighted by Crippen LogP contribution is -2.43. The number of carbonyl (C=O) groups excluding carboxylic acids is 1. The first kappa shape index (κ1) is 22.2. The molecule has 0 aliphatic carbocycles. The third kappa shape index (κ3) is 6.01. The van der Waals surface area contributed by atoms with Gasteiger partial charge in [-0.3, -0.25) is 14.7 Å². The predicted octanol–water partition coefficient (Wildman–Crippen LogP) is 4.92. The molecule has 1 saturated heterocycles. The summed E-state index contributed by atoms with van der Waals surface area (Å²) in [5.74, 6) is 0.104. The van der Waals surface area contributed by atoms with Gasteiger partial charge >= 0.3 is 0 Å². The van der Waals surface area contributed by atoms with Crippen LogP contribution in [0, 0.1) is 11.7 Å². The van der Waals surface area contributed by atoms with Gasteiger partial charge in [-0.1, -0.05) is 54.6 Å². The lowest BCUT2D eigenvalue weighted by atomic mass is 9.88. The molecule has 5 heteroatoms. The molecule has 0 unspecified atom stereocenters. The predicted molar refractivity (Wildman–Crippen MR) is 124 cm³/mol. The number of pyridine rings is 1. The van der Waals surface area contributed by atoms with Crippen LogP contribution in [0.2, 0.25) is 0 Å². The number of aromatic nitrogens is 1. The van der Waals surface area contributed by atoms with Crippen molar-refractivity contribution in [3.05, 3.63) is 102 Å². The topological polar surface area (TPSA) is 45.2 Å². The van der Waals surface area contributed by atoms with Crippen molar-refractivity contribution >= 4 is 5.91 Å². The van der Waals surface area contributed by atoms with E-state index in [0.29, 0.717) is 19.4 Å². The summed E-state index contributed by atoms with van der Waals surface area (Å²) in [4.78, 5) is 19.7. The Labute approximate surface area is 189 Å². The SMILES string of the molecule is O=C(CCc1ccccc1)N[C@H](c1ccccn1)[C@@H]1CCCN(Cc2ccccc2F)C1. The van der Waals surface area contributed by atoms with E-state index in [1.54, 1.807) is 12.3 Å². The molecule has 0 bridgehead atoms. The zero-order chi connectivity index (χ0) is 22.2. The Bertz CT molecular complexity index is 996. The van der Waals surface area contributed by atoms with Crippen LogP contribution in [0.5, 0.6) is 0 Å². The van der Waals surface area contributed by atoms with Crippen LogP contribution in [-0.2, 0) is 17.8 Å². The molecule has 2 heterocycles. The van der Waals surface area contributed by atoms with Gasteiger partial charge in [0.15, 0.2) is 0 Å². The van der Waals surface area contributed by atoms with E-state index in [0.717, 1.165) is 42.8 Å². The Morgan fingerprint density at radius 3 is 2.62 bits per heavy atom. The van der Waals surface area contributed by atoms with Crippen molar-refractivity contribution in [3.8, 4) is 0 Å². The molecule has 0 radical (unpaired) electrons. The summed E-state index contributed by atoms with van der Waals surface area (Å²) in [6, 6.07) is 22.7. The normalized spacial score (nSPS) is 17.6. The highest BCUT2D eigenvalue weighted by Gasteiger charge is 2.30. The maximum Gasteiger partial charge on any atom is 0.220 e. The third-order valence-electron chi connectivity index (χ3n) is 6.17. The van der Waals surface area contributed by atoms with Crippen molar-refractivity contribution in [2.45, 2.75) is 38.3 Å². The minimum atomic E-state index is -0.162. The Morgan fingerprint density at radius 1 is 1.06 bits per heavy atom. The van der Waals surface area contributed by atoms with E-state index in [9.17, 15) is 9.18 Å². The number of rotatable bonds is 8. The molecule has 4 rings (SSSR count). The average Bonchev–Trinajstić information content (AvgIpc) is 2.84. The lowest BCUT2D eigenvalue weighted by molar-refractivity contribution is -0.122. The number of hydrogen-bond donors (Lipinski definition) is 1. The largest absolute Gasteiger partial charge is 0.347 e. The van der Waals surface area contributed by atoms with E-state index in [1.807, 2.05) is 60.7 Å². The van der Waals surface area contributed by atoms with Crippen LogP contribution in [0.1, 0.15) is 42.1 Å². The quantitative estimate of drug-likeness (QED) is 0.550. The Hall–Kier alpha value is -3.05. The van der Waals surface area contributed by atoms with Gasteiger partial charge in [-0.25, -0.2) is 4.39 Å². The summed E-state index contributed by atoms with van der Waals surface area (Å²) in [7, 11) is 0. The molecule has 2 atom stereocenters. The molecule has 4 nitrogen and oxygen atoms in total. The number of hydrogen-bond acceptors (Lipinski definition) is 3. The molecule has 32 heavy (non-hydrogen) atoms. The fourth-order valence-electron chi connectivity index (χ4n) is 4.52. The van der Waals surface area contributed by atoms with Crippen LogP contribution in [0.4, 0.5) is 4.39 Å². The number of halogens is 1. The molecular weight excluding hydrogens is 401 g/mol. The van der Waals surface area contributed by atoms with E-state index < -0.39 is 0 Å². The summed E-state index contributed by atoms with van der Waals surface area (Å²) in [5.41, 5.74) is 2.76. The number of amides is 1. The molecule has 1 fully saturated rings. The van der Waals surface area contributed by atoms with Crippen molar-refractivity contribution < 1.29 is 9.18 Å². The number of carbonyl (C=O) groups is 1. The van der Waals surface area contributed by atoms with Gasteiger partial charge in [0.05, 0.1) is 11.7 Å². The van der Waals surface area contributed by atoms with E-state index in [2.05, 4.69) is 15.2 Å². The summed E-state index contributed by atoms with van der Waals surface area (Å²) < 4.78 is 14.2. The first-order chi connectivity index (χ1) is 15.7. The highest BCUT2D eigenvalue weighted by Crippen LogP contribution is 2.30. The van der Waals surface area contributed by atoms with Crippen molar-refractivity contribution in [3.63, 3.8) is 0 Å². The summed E-state index contributed by atoms with van der Waals surface area (Å²) in [6.07, 6.45) is 4.96. The van der Waals surface area contributed by atoms with E-state index in [4.69, 9.17) is 0 Å². The second kappa shape index (κ2) is 11.0. The maximum atomic E-state index is 14.2. The minimum absolute atomic E-state index is 0.0377. The van der Waals surface area contributed by atoms with Gasteiger partial charge in [0.1, 0.15) is 5.82 Å². The molecule has 0 spiro atoms. The maximum absolute atomic E-state index is 14.2. The fraction of sp³-hybridized carbons (Fsp3) is 0.333. The molecule has 166 valence electrons. The van der Waals surface area contributed by atoms with Gasteiger partial charge in [-0.15, -0.1) is 0 Å². The Kier molecular flexibility index (Phi) is 7.62. The van der Waals surface area contributed by atoms with Gasteiger partial charge < -0.3 is 5.32 Å².